The first-order valence-corrected chi connectivity index (χ1v) is 6.08. The number of hydrogen-bond acceptors (Lipinski definition) is 4. The largest absolute Gasteiger partial charge is 0.447 e. The van der Waals surface area contributed by atoms with Crippen molar-refractivity contribution in [3.8, 4) is 0 Å². The summed E-state index contributed by atoms with van der Waals surface area (Å²) in [4.78, 5) is 13.8. The van der Waals surface area contributed by atoms with E-state index in [0.29, 0.717) is 0 Å². The van der Waals surface area contributed by atoms with Crippen LogP contribution in [-0.4, -0.2) is 54.5 Å². The molecule has 2 N–H and O–H groups in total. The Labute approximate surface area is 95.8 Å². The molecule has 0 aromatic rings. The van der Waals surface area contributed by atoms with E-state index in [1.807, 2.05) is 0 Å². The lowest BCUT2D eigenvalue weighted by molar-refractivity contribution is 0.110. The van der Waals surface area contributed by atoms with E-state index in [-0.39, 0.29) is 19.3 Å². The van der Waals surface area contributed by atoms with Crippen LogP contribution in [0.15, 0.2) is 0 Å². The smallest absolute Gasteiger partial charge is 0.407 e. The van der Waals surface area contributed by atoms with Gasteiger partial charge >= 0.3 is 6.09 Å². The molecule has 2 aliphatic rings. The number of carbonyl (C=O) groups excluding carboxylic acids is 1. The molecule has 1 saturated carbocycles. The lowest BCUT2D eigenvalue weighted by Crippen LogP contribution is -2.45. The molecule has 0 atom stereocenters. The van der Waals surface area contributed by atoms with Crippen molar-refractivity contribution in [2.75, 3.05) is 26.3 Å². The Kier molecular flexibility index (Phi) is 4.01. The zero-order valence-corrected chi connectivity index (χ0v) is 9.52. The summed E-state index contributed by atoms with van der Waals surface area (Å²) in [6, 6.07) is 1.06. The number of rotatable bonds is 4. The van der Waals surface area contributed by atoms with Gasteiger partial charge in [0.1, 0.15) is 6.61 Å². The number of piperidine rings is 1. The predicted molar refractivity (Wildman–Crippen MR) is 59.2 cm³/mol. The first-order chi connectivity index (χ1) is 7.79. The maximum atomic E-state index is 11.2. The van der Waals surface area contributed by atoms with E-state index >= 15 is 0 Å². The van der Waals surface area contributed by atoms with Crippen molar-refractivity contribution in [3.63, 3.8) is 0 Å². The molecule has 5 nitrogen and oxygen atoms in total. The molecule has 0 unspecified atom stereocenters. The minimum Gasteiger partial charge on any atom is -0.447 e. The van der Waals surface area contributed by atoms with E-state index < -0.39 is 6.09 Å². The number of nitrogens with zero attached hydrogens (tertiary/aromatic N) is 1. The van der Waals surface area contributed by atoms with Crippen LogP contribution in [0.3, 0.4) is 0 Å². The Hall–Kier alpha value is -0.810. The topological polar surface area (TPSA) is 61.8 Å². The van der Waals surface area contributed by atoms with Crippen molar-refractivity contribution < 1.29 is 14.6 Å². The molecule has 1 aliphatic carbocycles. The third-order valence-electron chi connectivity index (χ3n) is 3.24. The van der Waals surface area contributed by atoms with E-state index in [0.717, 1.165) is 32.0 Å². The second-order valence-electron chi connectivity index (χ2n) is 4.55. The molecule has 1 amide bonds. The Morgan fingerprint density at radius 2 is 2.00 bits per heavy atom. The summed E-state index contributed by atoms with van der Waals surface area (Å²) < 4.78 is 4.77. The van der Waals surface area contributed by atoms with E-state index in [2.05, 4.69) is 10.2 Å². The van der Waals surface area contributed by atoms with Crippen LogP contribution in [-0.2, 0) is 4.74 Å². The molecule has 2 rings (SSSR count). The number of aliphatic hydroxyl groups excluding tert-OH is 1. The number of ether oxygens (including phenoxy) is 1. The average molecular weight is 228 g/mol. The number of carbonyl (C=O) groups is 1. The van der Waals surface area contributed by atoms with Crippen LogP contribution < -0.4 is 5.32 Å². The number of hydrogen-bond donors (Lipinski definition) is 2. The zero-order valence-electron chi connectivity index (χ0n) is 9.52. The van der Waals surface area contributed by atoms with Gasteiger partial charge in [-0.05, 0) is 25.7 Å². The number of nitrogens with one attached hydrogen (secondary N) is 1. The fourth-order valence-electron chi connectivity index (χ4n) is 2.20. The third kappa shape index (κ3) is 3.35. The summed E-state index contributed by atoms with van der Waals surface area (Å²) in [5, 5.41) is 11.3. The maximum absolute atomic E-state index is 11.2. The van der Waals surface area contributed by atoms with Gasteiger partial charge < -0.3 is 20.1 Å². The highest BCUT2D eigenvalue weighted by molar-refractivity contribution is 5.67. The Bertz CT molecular complexity index is 235. The third-order valence-corrected chi connectivity index (χ3v) is 3.24. The number of likely N-dealkylation sites (tertiary alicyclic amines) is 1. The SMILES string of the molecule is O=C(NC1CCN(C2CC2)CC1)OCCO. The standard InChI is InChI=1S/C11H20N2O3/c14-7-8-16-11(15)12-9-3-5-13(6-4-9)10-1-2-10/h9-10,14H,1-8H2,(H,12,15). The normalized spacial score (nSPS) is 23.1. The summed E-state index contributed by atoms with van der Waals surface area (Å²) in [5.74, 6) is 0. The van der Waals surface area contributed by atoms with Gasteiger partial charge in [0.05, 0.1) is 6.61 Å². The Morgan fingerprint density at radius 3 is 2.56 bits per heavy atom. The van der Waals surface area contributed by atoms with Crippen molar-refractivity contribution in [2.24, 2.45) is 0 Å². The van der Waals surface area contributed by atoms with Crippen LogP contribution in [0, 0.1) is 0 Å². The van der Waals surface area contributed by atoms with Gasteiger partial charge in [-0.1, -0.05) is 0 Å². The second kappa shape index (κ2) is 5.50. The molecule has 1 saturated heterocycles. The van der Waals surface area contributed by atoms with E-state index in [9.17, 15) is 4.79 Å². The molecule has 0 aromatic carbocycles. The van der Waals surface area contributed by atoms with Gasteiger partial charge in [0.25, 0.3) is 0 Å². The van der Waals surface area contributed by atoms with Crippen molar-refractivity contribution in [1.29, 1.82) is 0 Å². The van der Waals surface area contributed by atoms with Crippen molar-refractivity contribution in [1.82, 2.24) is 10.2 Å². The summed E-state index contributed by atoms with van der Waals surface area (Å²) in [6.07, 6.45) is 4.29. The quantitative estimate of drug-likeness (QED) is 0.728. The molecule has 0 radical (unpaired) electrons. The molecule has 5 heteroatoms. The highest BCUT2D eigenvalue weighted by atomic mass is 16.6. The minimum atomic E-state index is -0.404. The number of amides is 1. The molecule has 0 bridgehead atoms. The highest BCUT2D eigenvalue weighted by Crippen LogP contribution is 2.29. The van der Waals surface area contributed by atoms with Gasteiger partial charge in [-0.3, -0.25) is 0 Å². The molecule has 2 fully saturated rings. The molecular weight excluding hydrogens is 208 g/mol. The van der Waals surface area contributed by atoms with Crippen LogP contribution in [0.1, 0.15) is 25.7 Å². The fourth-order valence-corrected chi connectivity index (χ4v) is 2.20. The maximum Gasteiger partial charge on any atom is 0.407 e. The first kappa shape index (κ1) is 11.7. The summed E-state index contributed by atoms with van der Waals surface area (Å²) in [6.45, 7) is 2.12. The summed E-state index contributed by atoms with van der Waals surface area (Å²) in [7, 11) is 0. The molecular formula is C11H20N2O3. The second-order valence-corrected chi connectivity index (χ2v) is 4.55. The minimum absolute atomic E-state index is 0.0761. The molecule has 16 heavy (non-hydrogen) atoms. The lowest BCUT2D eigenvalue weighted by atomic mass is 10.1. The van der Waals surface area contributed by atoms with Crippen molar-refractivity contribution in [3.05, 3.63) is 0 Å². The summed E-state index contributed by atoms with van der Waals surface area (Å²) in [5.41, 5.74) is 0. The van der Waals surface area contributed by atoms with E-state index in [1.54, 1.807) is 0 Å². The zero-order chi connectivity index (χ0) is 11.4. The Morgan fingerprint density at radius 1 is 1.31 bits per heavy atom. The summed E-state index contributed by atoms with van der Waals surface area (Å²) >= 11 is 0. The molecule has 0 spiro atoms. The van der Waals surface area contributed by atoms with Crippen molar-refractivity contribution in [2.45, 2.75) is 37.8 Å². The van der Waals surface area contributed by atoms with Crippen LogP contribution in [0.4, 0.5) is 4.79 Å². The molecule has 92 valence electrons. The average Bonchev–Trinajstić information content (AvgIpc) is 3.11. The van der Waals surface area contributed by atoms with Gasteiger partial charge in [0.15, 0.2) is 0 Å². The van der Waals surface area contributed by atoms with Crippen LogP contribution in [0.25, 0.3) is 0 Å². The lowest BCUT2D eigenvalue weighted by Gasteiger charge is -2.32. The predicted octanol–water partition coefficient (Wildman–Crippen LogP) is 0.332. The van der Waals surface area contributed by atoms with Crippen molar-refractivity contribution >= 4 is 6.09 Å². The van der Waals surface area contributed by atoms with Crippen LogP contribution >= 0.6 is 0 Å². The van der Waals surface area contributed by atoms with Gasteiger partial charge in [0, 0.05) is 25.2 Å². The molecule has 1 aliphatic heterocycles. The fraction of sp³-hybridized carbons (Fsp3) is 0.909. The van der Waals surface area contributed by atoms with Gasteiger partial charge in [0.2, 0.25) is 0 Å². The highest BCUT2D eigenvalue weighted by Gasteiger charge is 2.32. The van der Waals surface area contributed by atoms with Gasteiger partial charge in [-0.25, -0.2) is 4.79 Å². The first-order valence-electron chi connectivity index (χ1n) is 6.08. The van der Waals surface area contributed by atoms with E-state index in [4.69, 9.17) is 9.84 Å². The van der Waals surface area contributed by atoms with Crippen LogP contribution in [0.2, 0.25) is 0 Å². The number of alkyl carbamates (subject to hydrolysis) is 1. The van der Waals surface area contributed by atoms with Crippen LogP contribution in [0.5, 0.6) is 0 Å². The van der Waals surface area contributed by atoms with E-state index in [1.165, 1.54) is 12.8 Å². The Balaban J connectivity index is 1.62. The monoisotopic (exact) mass is 228 g/mol. The molecule has 1 heterocycles. The van der Waals surface area contributed by atoms with Gasteiger partial charge in [-0.2, -0.15) is 0 Å². The van der Waals surface area contributed by atoms with Gasteiger partial charge in [-0.15, -0.1) is 0 Å². The number of aliphatic hydroxyl groups is 1. The molecule has 0 aromatic heterocycles.